The summed E-state index contributed by atoms with van der Waals surface area (Å²) >= 11 is 0. The third kappa shape index (κ3) is 5.21. The van der Waals surface area contributed by atoms with Crippen molar-refractivity contribution in [3.63, 3.8) is 0 Å². The van der Waals surface area contributed by atoms with Gasteiger partial charge in [0.2, 0.25) is 6.23 Å². The first-order valence-corrected chi connectivity index (χ1v) is 10.7. The molecule has 1 saturated carbocycles. The minimum absolute atomic E-state index is 0.00241. The predicted molar refractivity (Wildman–Crippen MR) is 116 cm³/mol. The molecule has 1 heterocycles. The first-order chi connectivity index (χ1) is 14.4. The number of esters is 1. The Hall–Kier alpha value is -2.82. The average molecular weight is 410 g/mol. The maximum Gasteiger partial charge on any atom is 0.307 e. The van der Waals surface area contributed by atoms with E-state index in [2.05, 4.69) is 0 Å². The Morgan fingerprint density at radius 2 is 1.77 bits per heavy atom. The summed E-state index contributed by atoms with van der Waals surface area (Å²) in [5.41, 5.74) is 2.36. The molecule has 160 valence electrons. The molecule has 0 aromatic heterocycles. The van der Waals surface area contributed by atoms with Gasteiger partial charge in [-0.25, -0.2) is 0 Å². The number of nitrogens with zero attached hydrogens (tertiary/aromatic N) is 1. The van der Waals surface area contributed by atoms with Crippen molar-refractivity contribution in [1.82, 2.24) is 4.90 Å². The molecule has 30 heavy (non-hydrogen) atoms. The molecule has 1 aromatic carbocycles. The van der Waals surface area contributed by atoms with Gasteiger partial charge in [-0.15, -0.1) is 0 Å². The molecule has 0 N–H and O–H groups in total. The number of amides is 1. The minimum atomic E-state index is -0.405. The van der Waals surface area contributed by atoms with Gasteiger partial charge in [0, 0.05) is 18.5 Å². The zero-order valence-corrected chi connectivity index (χ0v) is 18.3. The number of hydrogen-bond acceptors (Lipinski definition) is 4. The van der Waals surface area contributed by atoms with Gasteiger partial charge in [-0.1, -0.05) is 49.6 Å². The second kappa shape index (κ2) is 9.79. The van der Waals surface area contributed by atoms with E-state index in [0.29, 0.717) is 17.1 Å². The summed E-state index contributed by atoms with van der Waals surface area (Å²) in [4.78, 5) is 26.7. The lowest BCUT2D eigenvalue weighted by Gasteiger charge is -2.43. The van der Waals surface area contributed by atoms with Crippen LogP contribution in [0.2, 0.25) is 0 Å². The Morgan fingerprint density at radius 1 is 1.10 bits per heavy atom. The summed E-state index contributed by atoms with van der Waals surface area (Å²) in [6, 6.07) is 10.1. The SMILES string of the molecule is CC(=O)O/C(C)=C/C(C)=C\C1=C(C)O[C@H](c2ccccc2)N(C2CCCCC2)C1=O. The first-order valence-electron chi connectivity index (χ1n) is 10.7. The highest BCUT2D eigenvalue weighted by atomic mass is 16.5. The third-order valence-electron chi connectivity index (χ3n) is 5.55. The van der Waals surface area contributed by atoms with Crippen molar-refractivity contribution in [3.05, 3.63) is 70.7 Å². The molecular formula is C25H31NO4. The number of carbonyl (C=O) groups excluding carboxylic acids is 2. The molecule has 3 rings (SSSR count). The molecule has 2 aliphatic rings. The van der Waals surface area contributed by atoms with Gasteiger partial charge in [0.25, 0.3) is 5.91 Å². The lowest BCUT2D eigenvalue weighted by Crippen LogP contribution is -2.47. The maximum atomic E-state index is 13.7. The molecule has 1 aliphatic heterocycles. The van der Waals surface area contributed by atoms with Gasteiger partial charge >= 0.3 is 5.97 Å². The van der Waals surface area contributed by atoms with Crippen LogP contribution in [-0.2, 0) is 19.1 Å². The molecule has 0 radical (unpaired) electrons. The first kappa shape index (κ1) is 21.9. The largest absolute Gasteiger partial charge is 0.470 e. The Morgan fingerprint density at radius 3 is 2.40 bits per heavy atom. The molecule has 0 spiro atoms. The Balaban J connectivity index is 1.95. The number of carbonyl (C=O) groups is 2. The van der Waals surface area contributed by atoms with Crippen LogP contribution in [0.5, 0.6) is 0 Å². The van der Waals surface area contributed by atoms with E-state index in [1.165, 1.54) is 13.3 Å². The summed E-state index contributed by atoms with van der Waals surface area (Å²) in [5, 5.41) is 0. The fourth-order valence-electron chi connectivity index (χ4n) is 4.26. The smallest absolute Gasteiger partial charge is 0.307 e. The molecule has 1 atom stereocenters. The Labute approximate surface area is 179 Å². The summed E-state index contributed by atoms with van der Waals surface area (Å²) in [7, 11) is 0. The second-order valence-corrected chi connectivity index (χ2v) is 8.09. The van der Waals surface area contributed by atoms with E-state index in [0.717, 1.165) is 36.8 Å². The molecule has 1 aromatic rings. The minimum Gasteiger partial charge on any atom is -0.470 e. The van der Waals surface area contributed by atoms with Gasteiger partial charge in [-0.2, -0.15) is 0 Å². The third-order valence-corrected chi connectivity index (χ3v) is 5.55. The van der Waals surface area contributed by atoms with Crippen LogP contribution in [0.1, 0.15) is 71.6 Å². The lowest BCUT2D eigenvalue weighted by molar-refractivity contribution is -0.150. The zero-order valence-electron chi connectivity index (χ0n) is 18.3. The molecule has 5 heteroatoms. The standard InChI is InChI=1S/C25H31NO4/c1-17(15-18(2)29-20(4)27)16-23-19(3)30-25(21-11-7-5-8-12-21)26(24(23)28)22-13-9-6-10-14-22/h5,7-8,11-12,15-16,22,25H,6,9-10,13-14H2,1-4H3/b17-16-,18-15+/t25-/m1/s1. The van der Waals surface area contributed by atoms with Crippen molar-refractivity contribution < 1.29 is 19.1 Å². The van der Waals surface area contributed by atoms with Crippen LogP contribution < -0.4 is 0 Å². The van der Waals surface area contributed by atoms with Crippen molar-refractivity contribution >= 4 is 11.9 Å². The fourth-order valence-corrected chi connectivity index (χ4v) is 4.26. The average Bonchev–Trinajstić information content (AvgIpc) is 2.71. The topological polar surface area (TPSA) is 55.8 Å². The van der Waals surface area contributed by atoms with E-state index in [1.54, 1.807) is 13.0 Å². The van der Waals surface area contributed by atoms with Crippen LogP contribution in [-0.4, -0.2) is 22.8 Å². The molecule has 5 nitrogen and oxygen atoms in total. The predicted octanol–water partition coefficient (Wildman–Crippen LogP) is 5.56. The maximum absolute atomic E-state index is 13.7. The quantitative estimate of drug-likeness (QED) is 0.363. The van der Waals surface area contributed by atoms with Gasteiger partial charge in [0.1, 0.15) is 11.5 Å². The fraction of sp³-hybridized carbons (Fsp3) is 0.440. The van der Waals surface area contributed by atoms with E-state index in [1.807, 2.05) is 55.2 Å². The van der Waals surface area contributed by atoms with Gasteiger partial charge in [-0.05, 0) is 51.3 Å². The van der Waals surface area contributed by atoms with Crippen molar-refractivity contribution in [2.75, 3.05) is 0 Å². The summed E-state index contributed by atoms with van der Waals surface area (Å²) < 4.78 is 11.4. The monoisotopic (exact) mass is 409 g/mol. The molecule has 0 bridgehead atoms. The van der Waals surface area contributed by atoms with Crippen LogP contribution in [0.15, 0.2) is 65.1 Å². The number of benzene rings is 1. The van der Waals surface area contributed by atoms with Gasteiger partial charge in [-0.3, -0.25) is 14.5 Å². The molecule has 0 unspecified atom stereocenters. The van der Waals surface area contributed by atoms with E-state index in [-0.39, 0.29) is 17.9 Å². The van der Waals surface area contributed by atoms with Crippen molar-refractivity contribution in [2.45, 2.75) is 72.1 Å². The van der Waals surface area contributed by atoms with Gasteiger partial charge < -0.3 is 9.47 Å². The molecule has 0 saturated heterocycles. The molecule has 1 aliphatic carbocycles. The zero-order chi connectivity index (χ0) is 21.7. The lowest BCUT2D eigenvalue weighted by atomic mass is 9.92. The number of rotatable bonds is 5. The summed E-state index contributed by atoms with van der Waals surface area (Å²) in [6.45, 7) is 6.81. The highest BCUT2D eigenvalue weighted by Gasteiger charge is 2.39. The van der Waals surface area contributed by atoms with Crippen molar-refractivity contribution in [1.29, 1.82) is 0 Å². The molecule has 1 fully saturated rings. The highest BCUT2D eigenvalue weighted by molar-refractivity contribution is 5.98. The van der Waals surface area contributed by atoms with Crippen LogP contribution in [0.25, 0.3) is 0 Å². The van der Waals surface area contributed by atoms with Gasteiger partial charge in [0.05, 0.1) is 5.57 Å². The van der Waals surface area contributed by atoms with Crippen molar-refractivity contribution in [3.8, 4) is 0 Å². The highest BCUT2D eigenvalue weighted by Crippen LogP contribution is 2.38. The number of ether oxygens (including phenoxy) is 2. The van der Waals surface area contributed by atoms with Crippen LogP contribution in [0.4, 0.5) is 0 Å². The van der Waals surface area contributed by atoms with Gasteiger partial charge in [0.15, 0.2) is 0 Å². The molecular weight excluding hydrogens is 378 g/mol. The van der Waals surface area contributed by atoms with E-state index in [9.17, 15) is 9.59 Å². The van der Waals surface area contributed by atoms with E-state index >= 15 is 0 Å². The van der Waals surface area contributed by atoms with Crippen LogP contribution in [0.3, 0.4) is 0 Å². The Bertz CT molecular complexity index is 876. The summed E-state index contributed by atoms with van der Waals surface area (Å²) in [6.07, 6.45) is 8.65. The molecule has 1 amide bonds. The number of allylic oxidation sites excluding steroid dienone is 4. The van der Waals surface area contributed by atoms with Crippen LogP contribution in [0, 0.1) is 0 Å². The van der Waals surface area contributed by atoms with E-state index in [4.69, 9.17) is 9.47 Å². The van der Waals surface area contributed by atoms with E-state index < -0.39 is 6.23 Å². The summed E-state index contributed by atoms with van der Waals surface area (Å²) in [5.74, 6) is 0.736. The second-order valence-electron chi connectivity index (χ2n) is 8.09. The van der Waals surface area contributed by atoms with Crippen LogP contribution >= 0.6 is 0 Å². The number of hydrogen-bond donors (Lipinski definition) is 0. The normalized spacial score (nSPS) is 21.5. The van der Waals surface area contributed by atoms with Crippen molar-refractivity contribution in [2.24, 2.45) is 0 Å². The Kier molecular flexibility index (Phi) is 7.14.